The zero-order valence-electron chi connectivity index (χ0n) is 11.9. The maximum atomic E-state index is 12.5. The summed E-state index contributed by atoms with van der Waals surface area (Å²) in [5.41, 5.74) is -0.286. The minimum absolute atomic E-state index is 0.0951. The van der Waals surface area contributed by atoms with Crippen molar-refractivity contribution in [3.63, 3.8) is 0 Å². The Morgan fingerprint density at radius 2 is 2.29 bits per heavy atom. The number of nitrogens with zero attached hydrogens (tertiary/aromatic N) is 2. The van der Waals surface area contributed by atoms with Crippen LogP contribution in [0.2, 0.25) is 0 Å². The molecule has 0 aromatic heterocycles. The van der Waals surface area contributed by atoms with E-state index >= 15 is 0 Å². The second kappa shape index (κ2) is 5.99. The number of halogens is 1. The molecule has 0 saturated carbocycles. The maximum absolute atomic E-state index is 12.5. The van der Waals surface area contributed by atoms with E-state index in [4.69, 9.17) is 16.3 Å². The third kappa shape index (κ3) is 3.71. The fourth-order valence-corrected chi connectivity index (χ4v) is 2.63. The van der Waals surface area contributed by atoms with Gasteiger partial charge in [0, 0.05) is 30.8 Å². The van der Waals surface area contributed by atoms with Crippen molar-refractivity contribution in [2.45, 2.75) is 25.6 Å². The molecule has 7 heteroatoms. The first kappa shape index (κ1) is 15.7. The molecule has 1 atom stereocenters. The second-order valence-electron chi connectivity index (χ2n) is 5.65. The van der Waals surface area contributed by atoms with Crippen LogP contribution in [0.15, 0.2) is 24.3 Å². The molecule has 0 radical (unpaired) electrons. The van der Waals surface area contributed by atoms with Crippen LogP contribution in [-0.4, -0.2) is 46.4 Å². The Balaban J connectivity index is 2.22. The standard InChI is InChI=1S/C14H17ClN2O4/c1-14(2)9-16(8-12(7-15)21-14)13(18)10-4-3-5-11(6-10)17(19)20/h3-6,12H,7-9H2,1-2H3. The van der Waals surface area contributed by atoms with E-state index < -0.39 is 10.5 Å². The van der Waals surface area contributed by atoms with Gasteiger partial charge in [-0.1, -0.05) is 6.07 Å². The zero-order chi connectivity index (χ0) is 15.6. The predicted molar refractivity (Wildman–Crippen MR) is 78.7 cm³/mol. The van der Waals surface area contributed by atoms with Gasteiger partial charge in [-0.2, -0.15) is 0 Å². The average molecular weight is 313 g/mol. The van der Waals surface area contributed by atoms with E-state index in [2.05, 4.69) is 0 Å². The SMILES string of the molecule is CC1(C)CN(C(=O)c2cccc([N+](=O)[O-])c2)CC(CCl)O1. The van der Waals surface area contributed by atoms with Gasteiger partial charge in [0.2, 0.25) is 0 Å². The number of carbonyl (C=O) groups is 1. The van der Waals surface area contributed by atoms with E-state index in [-0.39, 0.29) is 17.7 Å². The van der Waals surface area contributed by atoms with Gasteiger partial charge in [-0.05, 0) is 19.9 Å². The van der Waals surface area contributed by atoms with Crippen LogP contribution >= 0.6 is 11.6 Å². The van der Waals surface area contributed by atoms with E-state index in [1.165, 1.54) is 18.2 Å². The van der Waals surface area contributed by atoms with Crippen LogP contribution in [0.5, 0.6) is 0 Å². The Labute approximate surface area is 127 Å². The van der Waals surface area contributed by atoms with Crippen molar-refractivity contribution in [3.05, 3.63) is 39.9 Å². The third-order valence-electron chi connectivity index (χ3n) is 3.24. The van der Waals surface area contributed by atoms with Crippen molar-refractivity contribution < 1.29 is 14.5 Å². The fraction of sp³-hybridized carbons (Fsp3) is 0.500. The normalized spacial score (nSPS) is 21.1. The lowest BCUT2D eigenvalue weighted by Gasteiger charge is -2.42. The molecule has 114 valence electrons. The van der Waals surface area contributed by atoms with Gasteiger partial charge in [-0.3, -0.25) is 14.9 Å². The molecule has 0 spiro atoms. The second-order valence-corrected chi connectivity index (χ2v) is 5.96. The summed E-state index contributed by atoms with van der Waals surface area (Å²) >= 11 is 5.84. The van der Waals surface area contributed by atoms with Crippen LogP contribution in [0, 0.1) is 10.1 Å². The van der Waals surface area contributed by atoms with Crippen LogP contribution in [0.1, 0.15) is 24.2 Å². The summed E-state index contributed by atoms with van der Waals surface area (Å²) in [6.07, 6.45) is -0.238. The summed E-state index contributed by atoms with van der Waals surface area (Å²) in [5.74, 6) is 0.0486. The molecule has 1 fully saturated rings. The molecular weight excluding hydrogens is 296 g/mol. The Bertz CT molecular complexity index is 562. The molecule has 1 aliphatic heterocycles. The van der Waals surface area contributed by atoms with Crippen molar-refractivity contribution in [1.82, 2.24) is 4.90 Å². The summed E-state index contributed by atoms with van der Waals surface area (Å²) in [5, 5.41) is 10.8. The lowest BCUT2D eigenvalue weighted by atomic mass is 10.0. The van der Waals surface area contributed by atoms with E-state index in [0.29, 0.717) is 24.5 Å². The van der Waals surface area contributed by atoms with Crippen LogP contribution in [-0.2, 0) is 4.74 Å². The number of ether oxygens (including phenoxy) is 1. The first-order valence-electron chi connectivity index (χ1n) is 6.60. The first-order chi connectivity index (χ1) is 9.82. The number of nitro groups is 1. The Morgan fingerprint density at radius 3 is 2.90 bits per heavy atom. The molecule has 1 aromatic rings. The molecular formula is C14H17ClN2O4. The number of benzene rings is 1. The number of alkyl halides is 1. The minimum atomic E-state index is -0.512. The Morgan fingerprint density at radius 1 is 1.57 bits per heavy atom. The van der Waals surface area contributed by atoms with Crippen molar-refractivity contribution in [1.29, 1.82) is 0 Å². The molecule has 1 amide bonds. The van der Waals surface area contributed by atoms with Crippen LogP contribution in [0.25, 0.3) is 0 Å². The number of nitro benzene ring substituents is 1. The maximum Gasteiger partial charge on any atom is 0.270 e. The van der Waals surface area contributed by atoms with Gasteiger partial charge < -0.3 is 9.64 Å². The molecule has 21 heavy (non-hydrogen) atoms. The Kier molecular flexibility index (Phi) is 4.49. The number of carbonyl (C=O) groups excluding carboxylic acids is 1. The van der Waals surface area contributed by atoms with Gasteiger partial charge in [-0.25, -0.2) is 0 Å². The van der Waals surface area contributed by atoms with Gasteiger partial charge in [0.1, 0.15) is 0 Å². The van der Waals surface area contributed by atoms with Gasteiger partial charge in [0.15, 0.2) is 0 Å². The highest BCUT2D eigenvalue weighted by Gasteiger charge is 2.35. The molecule has 1 heterocycles. The molecule has 1 saturated heterocycles. The monoisotopic (exact) mass is 312 g/mol. The van der Waals surface area contributed by atoms with Crippen LogP contribution in [0.4, 0.5) is 5.69 Å². The highest BCUT2D eigenvalue weighted by molar-refractivity contribution is 6.18. The topological polar surface area (TPSA) is 72.7 Å². The minimum Gasteiger partial charge on any atom is -0.367 e. The molecule has 1 aliphatic rings. The van der Waals surface area contributed by atoms with Crippen molar-refractivity contribution >= 4 is 23.2 Å². The molecule has 2 rings (SSSR count). The highest BCUT2D eigenvalue weighted by atomic mass is 35.5. The molecule has 1 aromatic carbocycles. The zero-order valence-corrected chi connectivity index (χ0v) is 12.7. The van der Waals surface area contributed by atoms with Gasteiger partial charge in [0.05, 0.1) is 22.5 Å². The average Bonchev–Trinajstić information content (AvgIpc) is 2.44. The summed E-state index contributed by atoms with van der Waals surface area (Å²) < 4.78 is 5.77. The number of non-ortho nitro benzene ring substituents is 1. The van der Waals surface area contributed by atoms with Crippen LogP contribution < -0.4 is 0 Å². The smallest absolute Gasteiger partial charge is 0.270 e. The van der Waals surface area contributed by atoms with Crippen molar-refractivity contribution in [2.24, 2.45) is 0 Å². The number of rotatable bonds is 3. The fourth-order valence-electron chi connectivity index (χ4n) is 2.47. The highest BCUT2D eigenvalue weighted by Crippen LogP contribution is 2.24. The summed E-state index contributed by atoms with van der Waals surface area (Å²) in [6, 6.07) is 5.74. The van der Waals surface area contributed by atoms with Crippen molar-refractivity contribution in [2.75, 3.05) is 19.0 Å². The molecule has 6 nitrogen and oxygen atoms in total. The third-order valence-corrected chi connectivity index (χ3v) is 3.59. The summed E-state index contributed by atoms with van der Waals surface area (Å²) in [6.45, 7) is 4.58. The number of hydrogen-bond donors (Lipinski definition) is 0. The summed E-state index contributed by atoms with van der Waals surface area (Å²) in [4.78, 5) is 24.4. The van der Waals surface area contributed by atoms with Gasteiger partial charge >= 0.3 is 0 Å². The van der Waals surface area contributed by atoms with E-state index in [1.54, 1.807) is 11.0 Å². The lowest BCUT2D eigenvalue weighted by molar-refractivity contribution is -0.384. The van der Waals surface area contributed by atoms with Crippen molar-refractivity contribution in [3.8, 4) is 0 Å². The van der Waals surface area contributed by atoms with E-state index in [0.717, 1.165) is 0 Å². The molecule has 1 unspecified atom stereocenters. The lowest BCUT2D eigenvalue weighted by Crippen LogP contribution is -2.55. The van der Waals surface area contributed by atoms with E-state index in [1.807, 2.05) is 13.8 Å². The quantitative estimate of drug-likeness (QED) is 0.488. The largest absolute Gasteiger partial charge is 0.367 e. The van der Waals surface area contributed by atoms with E-state index in [9.17, 15) is 14.9 Å². The van der Waals surface area contributed by atoms with Gasteiger partial charge in [-0.15, -0.1) is 11.6 Å². The number of hydrogen-bond acceptors (Lipinski definition) is 4. The molecule has 0 N–H and O–H groups in total. The van der Waals surface area contributed by atoms with Crippen LogP contribution in [0.3, 0.4) is 0 Å². The number of morpholine rings is 1. The predicted octanol–water partition coefficient (Wildman–Crippen LogP) is 2.45. The molecule has 0 aliphatic carbocycles. The molecule has 0 bridgehead atoms. The Hall–Kier alpha value is -1.66. The number of amides is 1. The summed E-state index contributed by atoms with van der Waals surface area (Å²) in [7, 11) is 0. The van der Waals surface area contributed by atoms with Gasteiger partial charge in [0.25, 0.3) is 11.6 Å². The first-order valence-corrected chi connectivity index (χ1v) is 7.13.